The molecule has 1 aromatic carbocycles. The maximum atomic E-state index is 14.0. The van der Waals surface area contributed by atoms with Crippen LogP contribution in [0.4, 0.5) is 14.7 Å². The third-order valence-electron chi connectivity index (χ3n) is 10.7. The molecule has 0 fully saturated rings. The molecule has 4 rings (SSSR count). The number of ether oxygens (including phenoxy) is 4. The van der Waals surface area contributed by atoms with Gasteiger partial charge in [0.1, 0.15) is 34.8 Å². The van der Waals surface area contributed by atoms with Gasteiger partial charge in [-0.15, -0.1) is 16.0 Å². The Morgan fingerprint density at radius 2 is 1.61 bits per heavy atom. The predicted molar refractivity (Wildman–Crippen MR) is 254 cm³/mol. The fourth-order valence-electron chi connectivity index (χ4n) is 6.44. The number of amides is 2. The van der Waals surface area contributed by atoms with E-state index in [1.807, 2.05) is 39.0 Å². The lowest BCUT2D eigenvalue weighted by molar-refractivity contribution is -0.775. The number of aliphatic carboxylic acids is 1. The molecule has 18 nitrogen and oxygen atoms in total. The maximum absolute atomic E-state index is 14.0. The summed E-state index contributed by atoms with van der Waals surface area (Å²) in [5.74, 6) is -1.77. The van der Waals surface area contributed by atoms with Crippen molar-refractivity contribution in [1.29, 1.82) is 0 Å². The van der Waals surface area contributed by atoms with Crippen LogP contribution in [0.3, 0.4) is 0 Å². The number of thiazole rings is 1. The SMILES string of the molecule is CC(C)(C)OC(=O)NC[C@@H](Cn1cc(-c2ccc3c(c2)CC[C@H](C(C)(O/N=C(\C(=O)O)c2csc(NC(=O)OC(C)(C)C)n2)C(=O)OC(C)(C)C)O3)c[n+]1CCCN)O[Si](C)(C)C(C)(C)C. The first-order chi connectivity index (χ1) is 30.3. The Kier molecular flexibility index (Phi) is 16.9. The molecule has 0 bridgehead atoms. The zero-order chi connectivity index (χ0) is 49.6. The monoisotopic (exact) mass is 958 g/mol. The van der Waals surface area contributed by atoms with Gasteiger partial charge >= 0.3 is 24.1 Å². The molecule has 3 heterocycles. The lowest BCUT2D eigenvalue weighted by Gasteiger charge is -2.39. The summed E-state index contributed by atoms with van der Waals surface area (Å²) in [4.78, 5) is 61.7. The molecule has 20 heteroatoms. The number of fused-ring (bicyclic) bond motifs is 1. The second kappa shape index (κ2) is 20.9. The van der Waals surface area contributed by atoms with E-state index >= 15 is 0 Å². The number of carbonyl (C=O) groups is 4. The number of carbonyl (C=O) groups excluding carboxylic acids is 3. The van der Waals surface area contributed by atoms with Crippen molar-refractivity contribution >= 4 is 54.6 Å². The normalized spacial score (nSPS) is 16.2. The number of carboxylic acid groups (broad SMARTS) is 1. The highest BCUT2D eigenvalue weighted by Gasteiger charge is 2.51. The summed E-state index contributed by atoms with van der Waals surface area (Å²) in [7, 11) is -2.28. The number of anilines is 1. The molecule has 3 aromatic rings. The smallest absolute Gasteiger partial charge is 0.413 e. The van der Waals surface area contributed by atoms with Crippen molar-refractivity contribution in [3.63, 3.8) is 0 Å². The summed E-state index contributed by atoms with van der Waals surface area (Å²) in [6, 6.07) is 5.81. The molecule has 366 valence electrons. The van der Waals surface area contributed by atoms with Gasteiger partial charge in [0.25, 0.3) is 5.60 Å². The van der Waals surface area contributed by atoms with E-state index in [1.165, 1.54) is 12.3 Å². The van der Waals surface area contributed by atoms with Crippen LogP contribution >= 0.6 is 11.3 Å². The number of alkyl carbamates (subject to hydrolysis) is 1. The first-order valence-electron chi connectivity index (χ1n) is 22.2. The van der Waals surface area contributed by atoms with Crippen LogP contribution in [-0.2, 0) is 52.6 Å². The van der Waals surface area contributed by atoms with Crippen molar-refractivity contribution in [2.75, 3.05) is 18.4 Å². The van der Waals surface area contributed by atoms with E-state index in [0.717, 1.165) is 34.4 Å². The van der Waals surface area contributed by atoms with Crippen molar-refractivity contribution in [2.24, 2.45) is 10.9 Å². The molecule has 0 saturated heterocycles. The quantitative estimate of drug-likeness (QED) is 0.0253. The van der Waals surface area contributed by atoms with Crippen LogP contribution in [0.5, 0.6) is 5.75 Å². The minimum atomic E-state index is -2.28. The number of nitrogens with zero attached hydrogens (tertiary/aromatic N) is 4. The van der Waals surface area contributed by atoms with Crippen LogP contribution in [-0.4, -0.2) is 101 Å². The predicted octanol–water partition coefficient (Wildman–Crippen LogP) is 7.81. The lowest BCUT2D eigenvalue weighted by atomic mass is 9.89. The summed E-state index contributed by atoms with van der Waals surface area (Å²) in [6.45, 7) is 29.9. The van der Waals surface area contributed by atoms with Crippen molar-refractivity contribution < 1.29 is 57.2 Å². The molecule has 0 aliphatic carbocycles. The third kappa shape index (κ3) is 15.2. The van der Waals surface area contributed by atoms with Gasteiger partial charge in [0.2, 0.25) is 11.9 Å². The number of aryl methyl sites for hydroxylation is 2. The van der Waals surface area contributed by atoms with E-state index in [2.05, 4.69) is 76.4 Å². The van der Waals surface area contributed by atoms with Crippen LogP contribution in [0.25, 0.3) is 11.1 Å². The van der Waals surface area contributed by atoms with E-state index < -0.39 is 66.7 Å². The van der Waals surface area contributed by atoms with E-state index in [9.17, 15) is 24.3 Å². The van der Waals surface area contributed by atoms with E-state index in [-0.39, 0.29) is 28.5 Å². The molecule has 2 aromatic heterocycles. The molecule has 0 radical (unpaired) electrons. The Hall–Kier alpha value is -5.05. The van der Waals surface area contributed by atoms with Crippen LogP contribution in [0.15, 0.2) is 41.1 Å². The number of hydrogen-bond acceptors (Lipinski definition) is 14. The number of aromatic nitrogens is 3. The second-order valence-corrected chi connectivity index (χ2v) is 26.7. The molecule has 5 N–H and O–H groups in total. The topological polar surface area (TPSA) is 228 Å². The molecule has 2 amide bonds. The minimum Gasteiger partial charge on any atom is -0.485 e. The minimum absolute atomic E-state index is 0.0700. The Balaban J connectivity index is 1.63. The van der Waals surface area contributed by atoms with Gasteiger partial charge in [-0.2, -0.15) is 4.68 Å². The van der Waals surface area contributed by atoms with Gasteiger partial charge in [0, 0.05) is 18.3 Å². The highest BCUT2D eigenvalue weighted by atomic mass is 32.1. The molecule has 1 unspecified atom stereocenters. The Bertz CT molecular complexity index is 2230. The Morgan fingerprint density at radius 3 is 2.20 bits per heavy atom. The summed E-state index contributed by atoms with van der Waals surface area (Å²) in [5, 5.41) is 20.9. The summed E-state index contributed by atoms with van der Waals surface area (Å²) in [6.07, 6.45) is 3.05. The molecule has 0 spiro atoms. The Labute approximate surface area is 394 Å². The third-order valence-corrected chi connectivity index (χ3v) is 16.0. The largest absolute Gasteiger partial charge is 0.485 e. The molecular formula is C46H72N7O11SSi+. The van der Waals surface area contributed by atoms with Crippen molar-refractivity contribution in [2.45, 2.75) is 175 Å². The van der Waals surface area contributed by atoms with Crippen LogP contribution in [0, 0.1) is 0 Å². The van der Waals surface area contributed by atoms with Gasteiger partial charge < -0.3 is 44.4 Å². The number of esters is 1. The van der Waals surface area contributed by atoms with E-state index in [0.29, 0.717) is 38.2 Å². The van der Waals surface area contributed by atoms with Gasteiger partial charge in [-0.25, -0.2) is 24.2 Å². The van der Waals surface area contributed by atoms with Gasteiger partial charge in [-0.05, 0) is 130 Å². The summed E-state index contributed by atoms with van der Waals surface area (Å²) >= 11 is 0.962. The molecule has 1 aliphatic rings. The number of benzene rings is 1. The standard InChI is InChI=1S/C46H71N7O11SSi/c1-42(2,3)60-38(56)46(13,64-51-36(37(54)55)33-28-65-39(49-33)50-41(58)62-44(7,8)9)35-20-18-30-23-29(17-19-34(30)59-35)31-25-52(22-16-21-47)53(26-31)27-32(63-66(14,15)45(10,11)12)24-48-40(57)61-43(4,5)6/h17,19,23,25-26,28,32,35H,16,18,20-22,24,27,47H2,1-15H3,(H2-,48,49,50,54,55,57,58)/p+1/b51-36-/t32-,35+,46?/m0/s1. The number of carboxylic acids is 1. The average Bonchev–Trinajstić information content (AvgIpc) is 3.79. The van der Waals surface area contributed by atoms with Gasteiger partial charge in [-0.3, -0.25) is 5.32 Å². The highest BCUT2D eigenvalue weighted by molar-refractivity contribution is 7.14. The van der Waals surface area contributed by atoms with Crippen LogP contribution in [0.1, 0.15) is 114 Å². The molecule has 3 atom stereocenters. The van der Waals surface area contributed by atoms with Crippen LogP contribution < -0.4 is 25.8 Å². The molecule has 1 aliphatic heterocycles. The zero-order valence-electron chi connectivity index (χ0n) is 41.4. The van der Waals surface area contributed by atoms with Crippen molar-refractivity contribution in [3.05, 3.63) is 47.2 Å². The van der Waals surface area contributed by atoms with Gasteiger partial charge in [-0.1, -0.05) is 32.0 Å². The molecular weight excluding hydrogens is 887 g/mol. The van der Waals surface area contributed by atoms with Crippen LogP contribution in [0.2, 0.25) is 18.1 Å². The van der Waals surface area contributed by atoms with E-state index in [4.69, 9.17) is 33.9 Å². The van der Waals surface area contributed by atoms with Crippen molar-refractivity contribution in [1.82, 2.24) is 15.0 Å². The lowest BCUT2D eigenvalue weighted by Crippen LogP contribution is -2.54. The number of oxime groups is 1. The molecule has 66 heavy (non-hydrogen) atoms. The average molecular weight is 959 g/mol. The van der Waals surface area contributed by atoms with Gasteiger partial charge in [0.05, 0.1) is 17.9 Å². The number of nitrogens with one attached hydrogen (secondary N) is 2. The zero-order valence-corrected chi connectivity index (χ0v) is 43.2. The second-order valence-electron chi connectivity index (χ2n) is 21.1. The van der Waals surface area contributed by atoms with Gasteiger partial charge in [0.15, 0.2) is 26.1 Å². The summed E-state index contributed by atoms with van der Waals surface area (Å²) < 4.78 is 34.2. The first-order valence-corrected chi connectivity index (χ1v) is 26.0. The highest BCUT2D eigenvalue weighted by Crippen LogP contribution is 2.39. The summed E-state index contributed by atoms with van der Waals surface area (Å²) in [5.41, 5.74) is 3.76. The fraction of sp³-hybridized carbons (Fsp3) is 0.630. The number of hydrogen-bond donors (Lipinski definition) is 4. The first kappa shape index (κ1) is 53.6. The van der Waals surface area contributed by atoms with E-state index in [1.54, 1.807) is 41.5 Å². The maximum Gasteiger partial charge on any atom is 0.413 e. The molecule has 0 saturated carbocycles. The van der Waals surface area contributed by atoms with Crippen molar-refractivity contribution in [3.8, 4) is 16.9 Å². The Morgan fingerprint density at radius 1 is 0.970 bits per heavy atom. The number of nitrogens with two attached hydrogens (primary N) is 1. The number of rotatable bonds is 17. The fourth-order valence-corrected chi connectivity index (χ4v) is 8.47.